The van der Waals surface area contributed by atoms with Gasteiger partial charge in [0.2, 0.25) is 0 Å². The summed E-state index contributed by atoms with van der Waals surface area (Å²) in [5, 5.41) is 0. The molecule has 0 aliphatic carbocycles. The van der Waals surface area contributed by atoms with Crippen LogP contribution in [-0.4, -0.2) is 31.3 Å². The monoisotopic (exact) mass is 238 g/mol. The van der Waals surface area contributed by atoms with Gasteiger partial charge in [-0.15, -0.1) is 0 Å². The van der Waals surface area contributed by atoms with E-state index in [1.54, 1.807) is 7.11 Å². The lowest BCUT2D eigenvalue weighted by molar-refractivity contribution is 0.234. The van der Waals surface area contributed by atoms with E-state index in [0.29, 0.717) is 6.61 Å². The molecule has 0 rings (SSSR count). The summed E-state index contributed by atoms with van der Waals surface area (Å²) in [4.78, 5) is 2.10. The zero-order valence-electron chi connectivity index (χ0n) is 11.5. The molecular formula is C14H26N2O. The normalized spacial score (nSPS) is 14.8. The highest BCUT2D eigenvalue weighted by atomic mass is 16.5. The molecule has 0 aromatic heterocycles. The maximum absolute atomic E-state index is 5.82. The van der Waals surface area contributed by atoms with E-state index in [9.17, 15) is 0 Å². The van der Waals surface area contributed by atoms with Gasteiger partial charge in [-0.3, -0.25) is 0 Å². The van der Waals surface area contributed by atoms with Crippen LogP contribution in [0.4, 0.5) is 0 Å². The van der Waals surface area contributed by atoms with Crippen molar-refractivity contribution in [3.63, 3.8) is 0 Å². The largest absolute Gasteiger partial charge is 0.381 e. The minimum Gasteiger partial charge on any atom is -0.381 e. The molecule has 1 atom stereocenters. The molecule has 0 aliphatic rings. The Morgan fingerprint density at radius 1 is 1.41 bits per heavy atom. The molecule has 0 spiro atoms. The molecule has 0 bridgehead atoms. The van der Waals surface area contributed by atoms with E-state index >= 15 is 0 Å². The summed E-state index contributed by atoms with van der Waals surface area (Å²) < 4.78 is 4.97. The third-order valence-electron chi connectivity index (χ3n) is 2.50. The summed E-state index contributed by atoms with van der Waals surface area (Å²) in [6.07, 6.45) is 11.4. The first kappa shape index (κ1) is 15.9. The summed E-state index contributed by atoms with van der Waals surface area (Å²) in [6.45, 7) is 7.72. The predicted molar refractivity (Wildman–Crippen MR) is 74.6 cm³/mol. The van der Waals surface area contributed by atoms with Gasteiger partial charge < -0.3 is 15.4 Å². The van der Waals surface area contributed by atoms with Crippen LogP contribution in [0.25, 0.3) is 0 Å². The van der Waals surface area contributed by atoms with Crippen molar-refractivity contribution in [3.05, 3.63) is 36.1 Å². The minimum atomic E-state index is 0.0642. The van der Waals surface area contributed by atoms with Gasteiger partial charge in [0.25, 0.3) is 0 Å². The van der Waals surface area contributed by atoms with Gasteiger partial charge in [0, 0.05) is 13.7 Å². The second-order valence-electron chi connectivity index (χ2n) is 3.88. The van der Waals surface area contributed by atoms with Crippen LogP contribution in [0.3, 0.4) is 0 Å². The molecule has 17 heavy (non-hydrogen) atoms. The van der Waals surface area contributed by atoms with Gasteiger partial charge in [0.05, 0.1) is 12.8 Å². The van der Waals surface area contributed by atoms with Crippen LogP contribution >= 0.6 is 0 Å². The third kappa shape index (κ3) is 7.77. The first-order chi connectivity index (χ1) is 8.15. The Balaban J connectivity index is 4.18. The predicted octanol–water partition coefficient (Wildman–Crippen LogP) is 2.67. The molecule has 0 aromatic rings. The molecule has 2 N–H and O–H groups in total. The van der Waals surface area contributed by atoms with Crippen molar-refractivity contribution in [2.75, 3.05) is 20.3 Å². The molecule has 0 radical (unpaired) electrons. The molecule has 0 heterocycles. The van der Waals surface area contributed by atoms with Crippen molar-refractivity contribution >= 4 is 0 Å². The van der Waals surface area contributed by atoms with Gasteiger partial charge in [0.15, 0.2) is 0 Å². The maximum Gasteiger partial charge on any atom is 0.0736 e. The molecule has 0 saturated carbocycles. The van der Waals surface area contributed by atoms with Gasteiger partial charge in [0.1, 0.15) is 0 Å². The van der Waals surface area contributed by atoms with Gasteiger partial charge in [-0.1, -0.05) is 24.3 Å². The standard InChI is InChI=1S/C14H26N2O/c1-5-14(10-8-12-17-4)9-7-11-16(6-2)13(3)15/h5,7-8,10-11,13H,6,9,12,15H2,1-4H3/b10-8-,11-7+,14-5-. The fraction of sp³-hybridized carbons (Fsp3) is 0.571. The van der Waals surface area contributed by atoms with Crippen molar-refractivity contribution in [2.24, 2.45) is 5.73 Å². The Bertz CT molecular complexity index is 267. The van der Waals surface area contributed by atoms with Gasteiger partial charge in [-0.2, -0.15) is 0 Å². The molecule has 0 saturated heterocycles. The number of ether oxygens (including phenoxy) is 1. The number of nitrogens with zero attached hydrogens (tertiary/aromatic N) is 1. The fourth-order valence-corrected chi connectivity index (χ4v) is 1.43. The number of allylic oxidation sites excluding steroid dienone is 4. The Morgan fingerprint density at radius 3 is 2.59 bits per heavy atom. The fourth-order valence-electron chi connectivity index (χ4n) is 1.43. The van der Waals surface area contributed by atoms with Crippen molar-refractivity contribution in [1.29, 1.82) is 0 Å². The van der Waals surface area contributed by atoms with E-state index < -0.39 is 0 Å². The molecule has 1 unspecified atom stereocenters. The van der Waals surface area contributed by atoms with Crippen molar-refractivity contribution in [3.8, 4) is 0 Å². The minimum absolute atomic E-state index is 0.0642. The Labute approximate surface area is 106 Å². The first-order valence-corrected chi connectivity index (χ1v) is 6.14. The lowest BCUT2D eigenvalue weighted by Gasteiger charge is -2.22. The Hall–Kier alpha value is -1.06. The lowest BCUT2D eigenvalue weighted by atomic mass is 10.1. The van der Waals surface area contributed by atoms with Crippen LogP contribution in [-0.2, 0) is 4.74 Å². The molecule has 0 aliphatic heterocycles. The number of rotatable bonds is 8. The quantitative estimate of drug-likeness (QED) is 0.522. The highest BCUT2D eigenvalue weighted by Crippen LogP contribution is 2.05. The average Bonchev–Trinajstić information content (AvgIpc) is 2.32. The zero-order chi connectivity index (χ0) is 13.1. The highest BCUT2D eigenvalue weighted by Gasteiger charge is 1.99. The first-order valence-electron chi connectivity index (χ1n) is 6.14. The van der Waals surface area contributed by atoms with Crippen LogP contribution < -0.4 is 5.73 Å². The van der Waals surface area contributed by atoms with Crippen LogP contribution in [0.2, 0.25) is 0 Å². The smallest absolute Gasteiger partial charge is 0.0736 e. The number of hydrogen-bond donors (Lipinski definition) is 1. The van der Waals surface area contributed by atoms with Crippen LogP contribution in [0, 0.1) is 0 Å². The maximum atomic E-state index is 5.82. The second kappa shape index (κ2) is 10.1. The van der Waals surface area contributed by atoms with Crippen LogP contribution in [0.15, 0.2) is 36.1 Å². The van der Waals surface area contributed by atoms with E-state index in [1.807, 2.05) is 19.9 Å². The van der Waals surface area contributed by atoms with Crippen LogP contribution in [0.5, 0.6) is 0 Å². The molecular weight excluding hydrogens is 212 g/mol. The molecule has 3 nitrogen and oxygen atoms in total. The summed E-state index contributed by atoms with van der Waals surface area (Å²) >= 11 is 0. The molecule has 0 aromatic carbocycles. The molecule has 98 valence electrons. The summed E-state index contributed by atoms with van der Waals surface area (Å²) in [5.74, 6) is 0. The summed E-state index contributed by atoms with van der Waals surface area (Å²) in [6, 6.07) is 0. The second-order valence-corrected chi connectivity index (χ2v) is 3.88. The van der Waals surface area contributed by atoms with Crippen molar-refractivity contribution < 1.29 is 4.74 Å². The Morgan fingerprint density at radius 2 is 2.12 bits per heavy atom. The topological polar surface area (TPSA) is 38.5 Å². The van der Waals surface area contributed by atoms with E-state index in [0.717, 1.165) is 13.0 Å². The SMILES string of the molecule is C/C=C(\C=C/COC)C/C=C/N(CC)C(C)N. The van der Waals surface area contributed by atoms with Gasteiger partial charge in [-0.05, 0) is 39.0 Å². The highest BCUT2D eigenvalue weighted by molar-refractivity contribution is 5.20. The summed E-state index contributed by atoms with van der Waals surface area (Å²) in [5.41, 5.74) is 7.10. The lowest BCUT2D eigenvalue weighted by Crippen LogP contribution is -2.35. The number of methoxy groups -OCH3 is 1. The number of hydrogen-bond acceptors (Lipinski definition) is 3. The zero-order valence-corrected chi connectivity index (χ0v) is 11.5. The van der Waals surface area contributed by atoms with E-state index in [1.165, 1.54) is 5.57 Å². The third-order valence-corrected chi connectivity index (χ3v) is 2.50. The van der Waals surface area contributed by atoms with Crippen molar-refractivity contribution in [2.45, 2.75) is 33.4 Å². The van der Waals surface area contributed by atoms with Crippen molar-refractivity contribution in [1.82, 2.24) is 4.90 Å². The van der Waals surface area contributed by atoms with Crippen LogP contribution in [0.1, 0.15) is 27.2 Å². The molecule has 0 fully saturated rings. The molecule has 0 amide bonds. The summed E-state index contributed by atoms with van der Waals surface area (Å²) in [7, 11) is 1.70. The van der Waals surface area contributed by atoms with E-state index in [4.69, 9.17) is 10.5 Å². The van der Waals surface area contributed by atoms with E-state index in [-0.39, 0.29) is 6.17 Å². The van der Waals surface area contributed by atoms with Gasteiger partial charge in [-0.25, -0.2) is 0 Å². The average molecular weight is 238 g/mol. The molecule has 3 heteroatoms. The Kier molecular flexibility index (Phi) is 9.49. The van der Waals surface area contributed by atoms with Gasteiger partial charge >= 0.3 is 0 Å². The number of nitrogens with two attached hydrogens (primary N) is 1. The van der Waals surface area contributed by atoms with E-state index in [2.05, 4.69) is 36.3 Å².